The average Bonchev–Trinajstić information content (AvgIpc) is 2.70. The van der Waals surface area contributed by atoms with Gasteiger partial charge in [-0.25, -0.2) is 0 Å². The van der Waals surface area contributed by atoms with Crippen LogP contribution in [-0.4, -0.2) is 36.1 Å². The third kappa shape index (κ3) is 16.4. The molecule has 0 spiro atoms. The van der Waals surface area contributed by atoms with Crippen LogP contribution < -0.4 is 0 Å². The van der Waals surface area contributed by atoms with Crippen molar-refractivity contribution in [3.63, 3.8) is 0 Å². The Labute approximate surface area is 176 Å². The van der Waals surface area contributed by atoms with Gasteiger partial charge in [0, 0.05) is 26.1 Å². The molecule has 0 aromatic rings. The standard InChI is InChI=1S/C25H51NO2/c1-4-6-8-10-13-17-21-24(20-16-9-7-5-2)25(28)26(3)22-18-14-11-12-15-19-23-27/h24,27H,4-23H2,1-3H3. The van der Waals surface area contributed by atoms with Crippen LogP contribution in [0.5, 0.6) is 0 Å². The van der Waals surface area contributed by atoms with Gasteiger partial charge in [-0.1, -0.05) is 104 Å². The van der Waals surface area contributed by atoms with Gasteiger partial charge in [0.15, 0.2) is 0 Å². The number of carbonyl (C=O) groups is 1. The first-order valence-electron chi connectivity index (χ1n) is 12.5. The topological polar surface area (TPSA) is 40.5 Å². The fraction of sp³-hybridized carbons (Fsp3) is 0.960. The van der Waals surface area contributed by atoms with E-state index in [1.807, 2.05) is 11.9 Å². The van der Waals surface area contributed by atoms with Crippen LogP contribution in [0.3, 0.4) is 0 Å². The molecule has 28 heavy (non-hydrogen) atoms. The van der Waals surface area contributed by atoms with Crippen molar-refractivity contribution >= 4 is 5.91 Å². The quantitative estimate of drug-likeness (QED) is 0.210. The lowest BCUT2D eigenvalue weighted by atomic mass is 9.93. The molecule has 0 saturated carbocycles. The zero-order chi connectivity index (χ0) is 20.9. The van der Waals surface area contributed by atoms with Crippen LogP contribution in [0, 0.1) is 5.92 Å². The molecule has 0 bridgehead atoms. The van der Waals surface area contributed by atoms with E-state index in [0.29, 0.717) is 12.5 Å². The molecule has 3 heteroatoms. The van der Waals surface area contributed by atoms with Gasteiger partial charge in [-0.05, 0) is 25.7 Å². The molecule has 0 aliphatic rings. The van der Waals surface area contributed by atoms with Crippen molar-refractivity contribution in [1.82, 2.24) is 4.90 Å². The molecular weight excluding hydrogens is 346 g/mol. The lowest BCUT2D eigenvalue weighted by Gasteiger charge is -2.24. The minimum absolute atomic E-state index is 0.248. The summed E-state index contributed by atoms with van der Waals surface area (Å²) in [6.07, 6.45) is 21.8. The first-order valence-corrected chi connectivity index (χ1v) is 12.5. The largest absolute Gasteiger partial charge is 0.396 e. The third-order valence-electron chi connectivity index (χ3n) is 5.94. The Morgan fingerprint density at radius 3 is 1.64 bits per heavy atom. The van der Waals surface area contributed by atoms with Gasteiger partial charge in [0.1, 0.15) is 0 Å². The monoisotopic (exact) mass is 397 g/mol. The van der Waals surface area contributed by atoms with Crippen molar-refractivity contribution in [3.8, 4) is 0 Å². The Balaban J connectivity index is 4.15. The van der Waals surface area contributed by atoms with Crippen LogP contribution in [0.1, 0.15) is 129 Å². The van der Waals surface area contributed by atoms with E-state index >= 15 is 0 Å². The first-order chi connectivity index (χ1) is 13.7. The maximum absolute atomic E-state index is 13.0. The van der Waals surface area contributed by atoms with E-state index in [4.69, 9.17) is 5.11 Å². The molecule has 0 aliphatic carbocycles. The van der Waals surface area contributed by atoms with Crippen molar-refractivity contribution in [3.05, 3.63) is 0 Å². The predicted octanol–water partition coefficient (Wildman–Crippen LogP) is 7.11. The molecule has 1 unspecified atom stereocenters. The van der Waals surface area contributed by atoms with E-state index < -0.39 is 0 Å². The summed E-state index contributed by atoms with van der Waals surface area (Å²) in [7, 11) is 2.01. The molecule has 1 N–H and O–H groups in total. The molecule has 0 fully saturated rings. The Hall–Kier alpha value is -0.570. The molecule has 0 aromatic carbocycles. The molecular formula is C25H51NO2. The summed E-state index contributed by atoms with van der Waals surface area (Å²) in [5, 5.41) is 8.82. The van der Waals surface area contributed by atoms with E-state index in [0.717, 1.165) is 38.6 Å². The number of nitrogens with zero attached hydrogens (tertiary/aromatic N) is 1. The summed E-state index contributed by atoms with van der Waals surface area (Å²) in [5.41, 5.74) is 0. The van der Waals surface area contributed by atoms with Gasteiger partial charge in [0.05, 0.1) is 0 Å². The third-order valence-corrected chi connectivity index (χ3v) is 5.94. The fourth-order valence-electron chi connectivity index (χ4n) is 3.97. The van der Waals surface area contributed by atoms with Crippen LogP contribution in [0.4, 0.5) is 0 Å². The van der Waals surface area contributed by atoms with Crippen LogP contribution in [0.15, 0.2) is 0 Å². The molecule has 168 valence electrons. The first kappa shape index (κ1) is 27.4. The summed E-state index contributed by atoms with van der Waals surface area (Å²) >= 11 is 0. The smallest absolute Gasteiger partial charge is 0.225 e. The Morgan fingerprint density at radius 2 is 1.11 bits per heavy atom. The predicted molar refractivity (Wildman–Crippen MR) is 123 cm³/mol. The second-order valence-corrected chi connectivity index (χ2v) is 8.71. The highest BCUT2D eigenvalue weighted by Crippen LogP contribution is 2.21. The number of aliphatic hydroxyl groups excluding tert-OH is 1. The number of hydrogen-bond donors (Lipinski definition) is 1. The lowest BCUT2D eigenvalue weighted by Crippen LogP contribution is -2.33. The highest BCUT2D eigenvalue weighted by Gasteiger charge is 2.21. The maximum Gasteiger partial charge on any atom is 0.225 e. The zero-order valence-corrected chi connectivity index (χ0v) is 19.5. The van der Waals surface area contributed by atoms with Crippen molar-refractivity contribution < 1.29 is 9.90 Å². The van der Waals surface area contributed by atoms with Gasteiger partial charge >= 0.3 is 0 Å². The van der Waals surface area contributed by atoms with Gasteiger partial charge in [-0.3, -0.25) is 4.79 Å². The Morgan fingerprint density at radius 1 is 0.679 bits per heavy atom. The second kappa shape index (κ2) is 21.1. The number of rotatable bonds is 21. The van der Waals surface area contributed by atoms with E-state index in [2.05, 4.69) is 13.8 Å². The van der Waals surface area contributed by atoms with Gasteiger partial charge in [-0.2, -0.15) is 0 Å². The molecule has 1 amide bonds. The van der Waals surface area contributed by atoms with E-state index in [1.165, 1.54) is 83.5 Å². The SMILES string of the molecule is CCCCCCCCC(CCCCCC)C(=O)N(C)CCCCCCCCO. The average molecular weight is 398 g/mol. The maximum atomic E-state index is 13.0. The minimum Gasteiger partial charge on any atom is -0.396 e. The summed E-state index contributed by atoms with van der Waals surface area (Å²) < 4.78 is 0. The summed E-state index contributed by atoms with van der Waals surface area (Å²) in [4.78, 5) is 15.0. The van der Waals surface area contributed by atoms with Crippen molar-refractivity contribution in [2.75, 3.05) is 20.2 Å². The number of hydrogen-bond acceptors (Lipinski definition) is 2. The normalized spacial score (nSPS) is 12.3. The number of unbranched alkanes of at least 4 members (excludes halogenated alkanes) is 13. The number of aliphatic hydroxyl groups is 1. The molecule has 0 radical (unpaired) electrons. The Bertz CT molecular complexity index is 333. The second-order valence-electron chi connectivity index (χ2n) is 8.71. The highest BCUT2D eigenvalue weighted by atomic mass is 16.2. The van der Waals surface area contributed by atoms with Crippen molar-refractivity contribution in [2.24, 2.45) is 5.92 Å². The lowest BCUT2D eigenvalue weighted by molar-refractivity contribution is -0.134. The molecule has 0 aromatic heterocycles. The summed E-state index contributed by atoms with van der Waals surface area (Å²) in [5.74, 6) is 0.642. The van der Waals surface area contributed by atoms with E-state index in [9.17, 15) is 4.79 Å². The van der Waals surface area contributed by atoms with Crippen molar-refractivity contribution in [2.45, 2.75) is 129 Å². The van der Waals surface area contributed by atoms with Gasteiger partial charge in [0.2, 0.25) is 5.91 Å². The van der Waals surface area contributed by atoms with Crippen LogP contribution in [0.25, 0.3) is 0 Å². The molecule has 0 saturated heterocycles. The molecule has 0 heterocycles. The van der Waals surface area contributed by atoms with Gasteiger partial charge in [0.25, 0.3) is 0 Å². The number of amides is 1. The van der Waals surface area contributed by atoms with Gasteiger partial charge < -0.3 is 10.0 Å². The highest BCUT2D eigenvalue weighted by molar-refractivity contribution is 5.78. The molecule has 0 rings (SSSR count). The molecule has 0 aliphatic heterocycles. The van der Waals surface area contributed by atoms with E-state index in [-0.39, 0.29) is 5.92 Å². The van der Waals surface area contributed by atoms with Crippen LogP contribution in [-0.2, 0) is 4.79 Å². The van der Waals surface area contributed by atoms with E-state index in [1.54, 1.807) is 0 Å². The van der Waals surface area contributed by atoms with Crippen LogP contribution >= 0.6 is 0 Å². The minimum atomic E-state index is 0.248. The van der Waals surface area contributed by atoms with Gasteiger partial charge in [-0.15, -0.1) is 0 Å². The van der Waals surface area contributed by atoms with Crippen LogP contribution in [0.2, 0.25) is 0 Å². The molecule has 3 nitrogen and oxygen atoms in total. The van der Waals surface area contributed by atoms with Crippen molar-refractivity contribution in [1.29, 1.82) is 0 Å². The Kier molecular flexibility index (Phi) is 20.7. The fourth-order valence-corrected chi connectivity index (χ4v) is 3.97. The number of carbonyl (C=O) groups excluding carboxylic acids is 1. The summed E-state index contributed by atoms with van der Waals surface area (Å²) in [6.45, 7) is 5.72. The zero-order valence-electron chi connectivity index (χ0n) is 19.5. The summed E-state index contributed by atoms with van der Waals surface area (Å²) in [6, 6.07) is 0. The molecule has 1 atom stereocenters.